The first-order valence-corrected chi connectivity index (χ1v) is 3.89. The summed E-state index contributed by atoms with van der Waals surface area (Å²) in [6.07, 6.45) is 4.90. The summed E-state index contributed by atoms with van der Waals surface area (Å²) in [7, 11) is 0. The first-order chi connectivity index (χ1) is 4.77. The van der Waals surface area contributed by atoms with Crippen molar-refractivity contribution in [3.05, 3.63) is 0 Å². The quantitative estimate of drug-likeness (QED) is 0.547. The Balaban J connectivity index is 2.40. The van der Waals surface area contributed by atoms with Crippen LogP contribution in [-0.4, -0.2) is 10.7 Å². The van der Waals surface area contributed by atoms with Crippen LogP contribution in [0.4, 0.5) is 0 Å². The number of hydrogen-bond donors (Lipinski definition) is 1. The van der Waals surface area contributed by atoms with Crippen LogP contribution in [0.1, 0.15) is 39.0 Å². The average molecular weight is 138 g/mol. The Labute approximate surface area is 62.4 Å². The molecule has 0 radical (unpaired) electrons. The summed E-state index contributed by atoms with van der Waals surface area (Å²) < 4.78 is 0. The van der Waals surface area contributed by atoms with E-state index < -0.39 is 5.60 Å². The zero-order valence-electron chi connectivity index (χ0n) is 6.48. The average Bonchev–Trinajstić information content (AvgIpc) is 2.33. The SMILES string of the molecule is CC#CCC1(O)CCCC1. The smallest absolute Gasteiger partial charge is 0.0756 e. The van der Waals surface area contributed by atoms with E-state index in [0.29, 0.717) is 6.42 Å². The predicted molar refractivity (Wildman–Crippen MR) is 41.5 cm³/mol. The zero-order valence-corrected chi connectivity index (χ0v) is 6.48. The molecule has 0 atom stereocenters. The molecule has 1 aliphatic carbocycles. The molecule has 0 aliphatic heterocycles. The van der Waals surface area contributed by atoms with E-state index in [1.807, 2.05) is 6.92 Å². The van der Waals surface area contributed by atoms with Gasteiger partial charge in [0, 0.05) is 6.42 Å². The summed E-state index contributed by atoms with van der Waals surface area (Å²) >= 11 is 0. The fourth-order valence-electron chi connectivity index (χ4n) is 1.46. The summed E-state index contributed by atoms with van der Waals surface area (Å²) in [4.78, 5) is 0. The molecule has 56 valence electrons. The third kappa shape index (κ3) is 1.75. The number of rotatable bonds is 1. The monoisotopic (exact) mass is 138 g/mol. The van der Waals surface area contributed by atoms with Crippen LogP contribution < -0.4 is 0 Å². The van der Waals surface area contributed by atoms with Gasteiger partial charge in [-0.25, -0.2) is 0 Å². The molecule has 1 aliphatic rings. The van der Waals surface area contributed by atoms with Crippen molar-refractivity contribution in [2.24, 2.45) is 0 Å². The van der Waals surface area contributed by atoms with E-state index in [2.05, 4.69) is 11.8 Å². The molecule has 0 aromatic rings. The van der Waals surface area contributed by atoms with E-state index in [1.54, 1.807) is 0 Å². The largest absolute Gasteiger partial charge is 0.389 e. The Bertz CT molecular complexity index is 155. The molecule has 1 fully saturated rings. The lowest BCUT2D eigenvalue weighted by atomic mass is 9.99. The third-order valence-corrected chi connectivity index (χ3v) is 2.13. The van der Waals surface area contributed by atoms with Crippen molar-refractivity contribution in [1.82, 2.24) is 0 Å². The second-order valence-electron chi connectivity index (χ2n) is 3.04. The van der Waals surface area contributed by atoms with Crippen LogP contribution in [0, 0.1) is 11.8 Å². The van der Waals surface area contributed by atoms with Crippen LogP contribution >= 0.6 is 0 Å². The van der Waals surface area contributed by atoms with Gasteiger partial charge in [-0.15, -0.1) is 11.8 Å². The van der Waals surface area contributed by atoms with E-state index in [1.165, 1.54) is 12.8 Å². The Morgan fingerprint density at radius 3 is 2.50 bits per heavy atom. The lowest BCUT2D eigenvalue weighted by molar-refractivity contribution is 0.0532. The van der Waals surface area contributed by atoms with Gasteiger partial charge in [-0.1, -0.05) is 12.8 Å². The fourth-order valence-corrected chi connectivity index (χ4v) is 1.46. The highest BCUT2D eigenvalue weighted by atomic mass is 16.3. The minimum Gasteiger partial charge on any atom is -0.389 e. The van der Waals surface area contributed by atoms with Crippen LogP contribution in [0.15, 0.2) is 0 Å². The second kappa shape index (κ2) is 3.07. The molecular weight excluding hydrogens is 124 g/mol. The van der Waals surface area contributed by atoms with Gasteiger partial charge in [-0.2, -0.15) is 0 Å². The van der Waals surface area contributed by atoms with Crippen LogP contribution in [0.2, 0.25) is 0 Å². The molecule has 10 heavy (non-hydrogen) atoms. The van der Waals surface area contributed by atoms with Gasteiger partial charge in [0.1, 0.15) is 0 Å². The molecule has 0 amide bonds. The molecular formula is C9H14O. The van der Waals surface area contributed by atoms with Crippen molar-refractivity contribution in [2.45, 2.75) is 44.6 Å². The van der Waals surface area contributed by atoms with Gasteiger partial charge in [-0.3, -0.25) is 0 Å². The first-order valence-electron chi connectivity index (χ1n) is 3.89. The highest BCUT2D eigenvalue weighted by Gasteiger charge is 2.29. The van der Waals surface area contributed by atoms with Crippen LogP contribution in [0.3, 0.4) is 0 Å². The maximum Gasteiger partial charge on any atom is 0.0756 e. The molecule has 0 spiro atoms. The molecule has 1 saturated carbocycles. The highest BCUT2D eigenvalue weighted by molar-refractivity contribution is 5.02. The molecule has 0 bridgehead atoms. The lowest BCUT2D eigenvalue weighted by Crippen LogP contribution is -2.22. The van der Waals surface area contributed by atoms with Crippen molar-refractivity contribution >= 4 is 0 Å². The Hall–Kier alpha value is -0.480. The molecule has 1 nitrogen and oxygen atoms in total. The topological polar surface area (TPSA) is 20.2 Å². The summed E-state index contributed by atoms with van der Waals surface area (Å²) in [6, 6.07) is 0. The van der Waals surface area contributed by atoms with Gasteiger partial charge in [0.15, 0.2) is 0 Å². The van der Waals surface area contributed by atoms with Gasteiger partial charge in [0.05, 0.1) is 5.60 Å². The van der Waals surface area contributed by atoms with Gasteiger partial charge < -0.3 is 5.11 Å². The molecule has 1 rings (SSSR count). The van der Waals surface area contributed by atoms with Crippen molar-refractivity contribution in [3.8, 4) is 11.8 Å². The summed E-state index contributed by atoms with van der Waals surface area (Å²) in [6.45, 7) is 1.82. The maximum atomic E-state index is 9.72. The van der Waals surface area contributed by atoms with Crippen molar-refractivity contribution < 1.29 is 5.11 Å². The van der Waals surface area contributed by atoms with E-state index >= 15 is 0 Å². The number of aliphatic hydroxyl groups is 1. The molecule has 1 heteroatoms. The van der Waals surface area contributed by atoms with Gasteiger partial charge in [-0.05, 0) is 19.8 Å². The van der Waals surface area contributed by atoms with E-state index in [-0.39, 0.29) is 0 Å². The molecule has 0 heterocycles. The van der Waals surface area contributed by atoms with E-state index in [4.69, 9.17) is 0 Å². The van der Waals surface area contributed by atoms with Crippen molar-refractivity contribution in [2.75, 3.05) is 0 Å². The maximum absolute atomic E-state index is 9.72. The normalized spacial score (nSPS) is 21.8. The summed E-state index contributed by atoms with van der Waals surface area (Å²) in [5, 5.41) is 9.72. The molecule has 0 saturated heterocycles. The van der Waals surface area contributed by atoms with Crippen molar-refractivity contribution in [3.63, 3.8) is 0 Å². The first kappa shape index (κ1) is 7.63. The second-order valence-corrected chi connectivity index (χ2v) is 3.04. The van der Waals surface area contributed by atoms with Crippen LogP contribution in [0.5, 0.6) is 0 Å². The van der Waals surface area contributed by atoms with E-state index in [9.17, 15) is 5.11 Å². The summed E-state index contributed by atoms with van der Waals surface area (Å²) in [5.41, 5.74) is -0.428. The minimum atomic E-state index is -0.428. The Kier molecular flexibility index (Phi) is 2.34. The molecule has 0 aromatic heterocycles. The van der Waals surface area contributed by atoms with Gasteiger partial charge in [0.25, 0.3) is 0 Å². The van der Waals surface area contributed by atoms with Gasteiger partial charge in [0.2, 0.25) is 0 Å². The summed E-state index contributed by atoms with van der Waals surface area (Å²) in [5.74, 6) is 5.74. The third-order valence-electron chi connectivity index (χ3n) is 2.13. The standard InChI is InChI=1S/C9H14O/c1-2-3-6-9(10)7-4-5-8-9/h10H,4-8H2,1H3. The Morgan fingerprint density at radius 2 is 2.00 bits per heavy atom. The predicted octanol–water partition coefficient (Wildman–Crippen LogP) is 1.70. The van der Waals surface area contributed by atoms with Gasteiger partial charge >= 0.3 is 0 Å². The van der Waals surface area contributed by atoms with Crippen LogP contribution in [-0.2, 0) is 0 Å². The molecule has 1 N–H and O–H groups in total. The lowest BCUT2D eigenvalue weighted by Gasteiger charge is -2.17. The highest BCUT2D eigenvalue weighted by Crippen LogP contribution is 2.31. The van der Waals surface area contributed by atoms with Crippen molar-refractivity contribution in [1.29, 1.82) is 0 Å². The molecule has 0 aromatic carbocycles. The van der Waals surface area contributed by atoms with Crippen LogP contribution in [0.25, 0.3) is 0 Å². The van der Waals surface area contributed by atoms with E-state index in [0.717, 1.165) is 12.8 Å². The molecule has 0 unspecified atom stereocenters. The number of hydrogen-bond acceptors (Lipinski definition) is 1. The fraction of sp³-hybridized carbons (Fsp3) is 0.778. The Morgan fingerprint density at radius 1 is 1.40 bits per heavy atom. The zero-order chi connectivity index (χ0) is 7.45. The minimum absolute atomic E-state index is 0.428.